The van der Waals surface area contributed by atoms with Crippen molar-refractivity contribution < 1.29 is 4.74 Å². The van der Waals surface area contributed by atoms with Crippen molar-refractivity contribution in [1.82, 2.24) is 10.2 Å². The lowest BCUT2D eigenvalue weighted by Gasteiger charge is -2.14. The second kappa shape index (κ2) is 8.13. The van der Waals surface area contributed by atoms with Gasteiger partial charge in [0.05, 0.1) is 13.2 Å². The molecule has 0 saturated carbocycles. The maximum Gasteiger partial charge on any atom is 0.0728 e. The Balaban J connectivity index is 1.69. The second-order valence-corrected chi connectivity index (χ2v) is 7.27. The average molecular weight is 296 g/mol. The van der Waals surface area contributed by atoms with Crippen molar-refractivity contribution in [2.45, 2.75) is 52.8 Å². The summed E-state index contributed by atoms with van der Waals surface area (Å²) >= 11 is 1.89. The molecular formula is C16H28N2OS. The molecule has 1 aliphatic heterocycles. The van der Waals surface area contributed by atoms with Gasteiger partial charge in [0, 0.05) is 28.9 Å². The van der Waals surface area contributed by atoms with Gasteiger partial charge in [-0.3, -0.25) is 0 Å². The van der Waals surface area contributed by atoms with Crippen LogP contribution in [-0.4, -0.2) is 37.2 Å². The first-order chi connectivity index (χ1) is 9.65. The van der Waals surface area contributed by atoms with Crippen LogP contribution in [0.25, 0.3) is 0 Å². The van der Waals surface area contributed by atoms with E-state index in [0.717, 1.165) is 26.3 Å². The van der Waals surface area contributed by atoms with Crippen LogP contribution in [0.5, 0.6) is 0 Å². The maximum absolute atomic E-state index is 5.85. The second-order valence-electron chi connectivity index (χ2n) is 5.93. The summed E-state index contributed by atoms with van der Waals surface area (Å²) < 4.78 is 5.85. The van der Waals surface area contributed by atoms with E-state index in [0.29, 0.717) is 6.04 Å². The van der Waals surface area contributed by atoms with Gasteiger partial charge in [0.15, 0.2) is 0 Å². The number of nitrogens with one attached hydrogen (secondary N) is 1. The van der Waals surface area contributed by atoms with E-state index in [1.165, 1.54) is 41.2 Å². The molecule has 20 heavy (non-hydrogen) atoms. The Kier molecular flexibility index (Phi) is 6.49. The third kappa shape index (κ3) is 5.17. The highest BCUT2D eigenvalue weighted by molar-refractivity contribution is 7.12. The molecule has 3 nitrogen and oxygen atoms in total. The third-order valence-electron chi connectivity index (χ3n) is 3.76. The average Bonchev–Trinajstić information content (AvgIpc) is 3.02. The Morgan fingerprint density at radius 2 is 2.10 bits per heavy atom. The summed E-state index contributed by atoms with van der Waals surface area (Å²) in [7, 11) is 0. The normalized spacial score (nSPS) is 16.4. The Morgan fingerprint density at radius 1 is 1.35 bits per heavy atom. The standard InChI is InChI=1S/C16H28N2OS/c1-13(2)17-11-16-10-15(14(3)20-16)12-19-9-8-18-6-4-5-7-18/h10,13,17H,4-9,11-12H2,1-3H3. The molecule has 4 heteroatoms. The van der Waals surface area contributed by atoms with Crippen LogP contribution in [0.3, 0.4) is 0 Å². The van der Waals surface area contributed by atoms with Gasteiger partial charge >= 0.3 is 0 Å². The van der Waals surface area contributed by atoms with Gasteiger partial charge in [-0.05, 0) is 44.5 Å². The summed E-state index contributed by atoms with van der Waals surface area (Å²) in [5, 5.41) is 3.47. The van der Waals surface area contributed by atoms with Crippen LogP contribution < -0.4 is 5.32 Å². The first kappa shape index (κ1) is 16.0. The highest BCUT2D eigenvalue weighted by Crippen LogP contribution is 2.22. The fourth-order valence-corrected chi connectivity index (χ4v) is 3.50. The van der Waals surface area contributed by atoms with Crippen LogP contribution in [0.15, 0.2) is 6.07 Å². The number of ether oxygens (including phenoxy) is 1. The van der Waals surface area contributed by atoms with Crippen LogP contribution in [0, 0.1) is 6.92 Å². The molecule has 0 unspecified atom stereocenters. The first-order valence-corrected chi connectivity index (χ1v) is 8.58. The van der Waals surface area contributed by atoms with Crippen molar-refractivity contribution >= 4 is 11.3 Å². The molecule has 0 aliphatic carbocycles. The Labute approximate surface area is 127 Å². The zero-order chi connectivity index (χ0) is 14.4. The molecule has 114 valence electrons. The van der Waals surface area contributed by atoms with Gasteiger partial charge in [-0.25, -0.2) is 0 Å². The number of thiophene rings is 1. The molecule has 0 spiro atoms. The summed E-state index contributed by atoms with van der Waals surface area (Å²) in [5.74, 6) is 0. The zero-order valence-electron chi connectivity index (χ0n) is 13.1. The predicted octanol–water partition coefficient (Wildman–Crippen LogP) is 3.17. The number of nitrogens with zero attached hydrogens (tertiary/aromatic N) is 1. The van der Waals surface area contributed by atoms with Crippen LogP contribution in [0.1, 0.15) is 42.0 Å². The summed E-state index contributed by atoms with van der Waals surface area (Å²) in [4.78, 5) is 5.31. The van der Waals surface area contributed by atoms with Crippen LogP contribution in [0.2, 0.25) is 0 Å². The molecule has 1 saturated heterocycles. The van der Waals surface area contributed by atoms with Crippen molar-refractivity contribution in [3.8, 4) is 0 Å². The van der Waals surface area contributed by atoms with Gasteiger partial charge < -0.3 is 15.0 Å². The minimum atomic E-state index is 0.539. The van der Waals surface area contributed by atoms with Gasteiger partial charge in [0.1, 0.15) is 0 Å². The minimum absolute atomic E-state index is 0.539. The highest BCUT2D eigenvalue weighted by atomic mass is 32.1. The van der Waals surface area contributed by atoms with Gasteiger partial charge in [0.2, 0.25) is 0 Å². The third-order valence-corrected chi connectivity index (χ3v) is 4.86. The lowest BCUT2D eigenvalue weighted by atomic mass is 10.2. The molecular weight excluding hydrogens is 268 g/mol. The Bertz CT molecular complexity index is 397. The first-order valence-electron chi connectivity index (χ1n) is 7.77. The molecule has 1 aromatic heterocycles. The van der Waals surface area contributed by atoms with E-state index in [1.807, 2.05) is 11.3 Å². The number of hydrogen-bond donors (Lipinski definition) is 1. The molecule has 0 bridgehead atoms. The van der Waals surface area contributed by atoms with Gasteiger partial charge in [-0.1, -0.05) is 13.8 Å². The SMILES string of the molecule is Cc1sc(CNC(C)C)cc1COCCN1CCCC1. The summed E-state index contributed by atoms with van der Waals surface area (Å²) in [6.07, 6.45) is 2.71. The summed E-state index contributed by atoms with van der Waals surface area (Å²) in [6.45, 7) is 12.8. The van der Waals surface area contributed by atoms with Gasteiger partial charge in [0.25, 0.3) is 0 Å². The molecule has 2 rings (SSSR count). The molecule has 1 fully saturated rings. The van der Waals surface area contributed by atoms with Crippen molar-refractivity contribution in [2.75, 3.05) is 26.2 Å². The fraction of sp³-hybridized carbons (Fsp3) is 0.750. The van der Waals surface area contributed by atoms with Crippen LogP contribution >= 0.6 is 11.3 Å². The Morgan fingerprint density at radius 3 is 2.80 bits per heavy atom. The molecule has 0 amide bonds. The van der Waals surface area contributed by atoms with E-state index in [2.05, 4.69) is 37.1 Å². The molecule has 1 N–H and O–H groups in total. The summed E-state index contributed by atoms with van der Waals surface area (Å²) in [6, 6.07) is 2.84. The quantitative estimate of drug-likeness (QED) is 0.746. The van der Waals surface area contributed by atoms with Crippen LogP contribution in [-0.2, 0) is 17.9 Å². The minimum Gasteiger partial charge on any atom is -0.375 e. The topological polar surface area (TPSA) is 24.5 Å². The number of aryl methyl sites for hydroxylation is 1. The van der Waals surface area contributed by atoms with Crippen molar-refractivity contribution in [3.05, 3.63) is 21.4 Å². The molecule has 0 radical (unpaired) electrons. The van der Waals surface area contributed by atoms with Crippen LogP contribution in [0.4, 0.5) is 0 Å². The number of rotatable bonds is 8. The Hall–Kier alpha value is -0.420. The van der Waals surface area contributed by atoms with Crippen molar-refractivity contribution in [3.63, 3.8) is 0 Å². The number of likely N-dealkylation sites (tertiary alicyclic amines) is 1. The highest BCUT2D eigenvalue weighted by Gasteiger charge is 2.11. The smallest absolute Gasteiger partial charge is 0.0728 e. The molecule has 0 atom stereocenters. The fourth-order valence-electron chi connectivity index (χ4n) is 2.50. The molecule has 2 heterocycles. The molecule has 1 aromatic rings. The van der Waals surface area contributed by atoms with Crippen molar-refractivity contribution in [2.24, 2.45) is 0 Å². The lowest BCUT2D eigenvalue weighted by molar-refractivity contribution is 0.0991. The molecule has 0 aromatic carbocycles. The molecule has 1 aliphatic rings. The van der Waals surface area contributed by atoms with E-state index >= 15 is 0 Å². The van der Waals surface area contributed by atoms with E-state index in [9.17, 15) is 0 Å². The monoisotopic (exact) mass is 296 g/mol. The van der Waals surface area contributed by atoms with Gasteiger partial charge in [-0.2, -0.15) is 0 Å². The largest absolute Gasteiger partial charge is 0.375 e. The van der Waals surface area contributed by atoms with Crippen molar-refractivity contribution in [1.29, 1.82) is 0 Å². The lowest BCUT2D eigenvalue weighted by Crippen LogP contribution is -2.23. The zero-order valence-corrected chi connectivity index (χ0v) is 13.9. The predicted molar refractivity (Wildman–Crippen MR) is 86.4 cm³/mol. The number of hydrogen-bond acceptors (Lipinski definition) is 4. The summed E-state index contributed by atoms with van der Waals surface area (Å²) in [5.41, 5.74) is 1.36. The van der Waals surface area contributed by atoms with E-state index in [-0.39, 0.29) is 0 Å². The maximum atomic E-state index is 5.85. The van der Waals surface area contributed by atoms with E-state index in [4.69, 9.17) is 4.74 Å². The van der Waals surface area contributed by atoms with E-state index < -0.39 is 0 Å². The van der Waals surface area contributed by atoms with Gasteiger partial charge in [-0.15, -0.1) is 11.3 Å². The van der Waals surface area contributed by atoms with E-state index in [1.54, 1.807) is 0 Å².